The fourth-order valence-electron chi connectivity index (χ4n) is 2.84. The number of rotatable bonds is 3. The lowest BCUT2D eigenvalue weighted by Gasteiger charge is -2.34. The van der Waals surface area contributed by atoms with Crippen molar-refractivity contribution in [2.24, 2.45) is 5.92 Å². The smallest absolute Gasteiger partial charge is 0.223 e. The fourth-order valence-corrected chi connectivity index (χ4v) is 2.84. The molecule has 1 aromatic rings. The van der Waals surface area contributed by atoms with E-state index in [4.69, 9.17) is 13.9 Å². The average Bonchev–Trinajstić information content (AvgIpc) is 3.09. The van der Waals surface area contributed by atoms with E-state index >= 15 is 0 Å². The van der Waals surface area contributed by atoms with Gasteiger partial charge in [-0.05, 0) is 25.0 Å². The van der Waals surface area contributed by atoms with Gasteiger partial charge >= 0.3 is 0 Å². The topological polar surface area (TPSA) is 60.7 Å². The Balaban J connectivity index is 1.46. The Morgan fingerprint density at radius 2 is 2.05 bits per heavy atom. The first kappa shape index (κ1) is 12.7. The van der Waals surface area contributed by atoms with Gasteiger partial charge in [0.1, 0.15) is 5.76 Å². The SMILES string of the molecule is O=C(NCc1ccco1)C1CCC2(CC1)OCCO2. The largest absolute Gasteiger partial charge is 0.467 e. The van der Waals surface area contributed by atoms with E-state index in [1.165, 1.54) is 0 Å². The summed E-state index contributed by atoms with van der Waals surface area (Å²) in [5.74, 6) is 0.554. The predicted molar refractivity (Wildman–Crippen MR) is 67.1 cm³/mol. The van der Waals surface area contributed by atoms with E-state index in [2.05, 4.69) is 5.32 Å². The van der Waals surface area contributed by atoms with Crippen LogP contribution < -0.4 is 5.32 Å². The maximum absolute atomic E-state index is 12.1. The second-order valence-corrected chi connectivity index (χ2v) is 5.18. The second-order valence-electron chi connectivity index (χ2n) is 5.18. The normalized spacial score (nSPS) is 22.7. The molecule has 2 aliphatic rings. The van der Waals surface area contributed by atoms with Gasteiger partial charge in [-0.15, -0.1) is 0 Å². The van der Waals surface area contributed by atoms with Crippen LogP contribution in [0, 0.1) is 5.92 Å². The van der Waals surface area contributed by atoms with Crippen molar-refractivity contribution in [3.63, 3.8) is 0 Å². The predicted octanol–water partition coefficient (Wildman–Crippen LogP) is 1.83. The highest BCUT2D eigenvalue weighted by Crippen LogP contribution is 2.38. The zero-order valence-corrected chi connectivity index (χ0v) is 10.9. The Labute approximate surface area is 112 Å². The minimum atomic E-state index is -0.391. The fraction of sp³-hybridized carbons (Fsp3) is 0.643. The zero-order chi connectivity index (χ0) is 13.1. The molecule has 5 nitrogen and oxygen atoms in total. The minimum absolute atomic E-state index is 0.0633. The van der Waals surface area contributed by atoms with E-state index < -0.39 is 5.79 Å². The quantitative estimate of drug-likeness (QED) is 0.905. The summed E-state index contributed by atoms with van der Waals surface area (Å²) in [6.45, 7) is 1.81. The van der Waals surface area contributed by atoms with Crippen molar-refractivity contribution in [3.05, 3.63) is 24.2 Å². The lowest BCUT2D eigenvalue weighted by atomic mass is 9.84. The number of hydrogen-bond donors (Lipinski definition) is 1. The van der Waals surface area contributed by atoms with Crippen molar-refractivity contribution in [3.8, 4) is 0 Å². The first-order chi connectivity index (χ1) is 9.27. The summed E-state index contributed by atoms with van der Waals surface area (Å²) >= 11 is 0. The number of nitrogens with one attached hydrogen (secondary N) is 1. The second kappa shape index (κ2) is 5.35. The Bertz CT molecular complexity index is 413. The summed E-state index contributed by atoms with van der Waals surface area (Å²) in [4.78, 5) is 12.1. The van der Waals surface area contributed by atoms with Crippen LogP contribution >= 0.6 is 0 Å². The van der Waals surface area contributed by atoms with E-state index in [1.807, 2.05) is 12.1 Å². The van der Waals surface area contributed by atoms with Gasteiger partial charge < -0.3 is 19.2 Å². The molecule has 19 heavy (non-hydrogen) atoms. The Hall–Kier alpha value is -1.33. The van der Waals surface area contributed by atoms with Gasteiger partial charge in [0.2, 0.25) is 5.91 Å². The Kier molecular flexibility index (Phi) is 3.57. The van der Waals surface area contributed by atoms with Gasteiger partial charge in [-0.25, -0.2) is 0 Å². The molecular formula is C14H19NO4. The van der Waals surface area contributed by atoms with E-state index in [1.54, 1.807) is 6.26 Å². The summed E-state index contributed by atoms with van der Waals surface area (Å²) in [5, 5.41) is 2.92. The molecule has 0 bridgehead atoms. The van der Waals surface area contributed by atoms with Gasteiger partial charge in [-0.1, -0.05) is 0 Å². The standard InChI is InChI=1S/C14H19NO4/c16-13(15-10-12-2-1-7-17-12)11-3-5-14(6-4-11)18-8-9-19-14/h1-2,7,11H,3-6,8-10H2,(H,15,16). The summed E-state index contributed by atoms with van der Waals surface area (Å²) in [7, 11) is 0. The third kappa shape index (κ3) is 2.82. The molecule has 1 amide bonds. The van der Waals surface area contributed by atoms with Crippen LogP contribution in [0.2, 0.25) is 0 Å². The highest BCUT2D eigenvalue weighted by atomic mass is 16.7. The van der Waals surface area contributed by atoms with Crippen molar-refractivity contribution in [1.82, 2.24) is 5.32 Å². The maximum Gasteiger partial charge on any atom is 0.223 e. The van der Waals surface area contributed by atoms with E-state index in [0.29, 0.717) is 19.8 Å². The van der Waals surface area contributed by atoms with Gasteiger partial charge in [0.25, 0.3) is 0 Å². The minimum Gasteiger partial charge on any atom is -0.467 e. The van der Waals surface area contributed by atoms with Crippen molar-refractivity contribution in [1.29, 1.82) is 0 Å². The lowest BCUT2D eigenvalue weighted by Crippen LogP contribution is -2.40. The third-order valence-corrected chi connectivity index (χ3v) is 3.95. The highest BCUT2D eigenvalue weighted by Gasteiger charge is 2.41. The molecule has 2 heterocycles. The van der Waals surface area contributed by atoms with Crippen LogP contribution in [0.5, 0.6) is 0 Å². The Morgan fingerprint density at radius 3 is 2.68 bits per heavy atom. The monoisotopic (exact) mass is 265 g/mol. The van der Waals surface area contributed by atoms with Crippen molar-refractivity contribution in [2.45, 2.75) is 38.0 Å². The van der Waals surface area contributed by atoms with Crippen LogP contribution in [0.3, 0.4) is 0 Å². The van der Waals surface area contributed by atoms with Gasteiger partial charge in [-0.3, -0.25) is 4.79 Å². The number of carbonyl (C=O) groups is 1. The molecule has 2 fully saturated rings. The van der Waals surface area contributed by atoms with E-state index in [9.17, 15) is 4.79 Å². The van der Waals surface area contributed by atoms with Gasteiger partial charge in [0, 0.05) is 18.8 Å². The van der Waals surface area contributed by atoms with Crippen LogP contribution in [0.25, 0.3) is 0 Å². The number of ether oxygens (including phenoxy) is 2. The summed E-state index contributed by atoms with van der Waals surface area (Å²) < 4.78 is 16.5. The van der Waals surface area contributed by atoms with E-state index in [0.717, 1.165) is 31.4 Å². The molecular weight excluding hydrogens is 246 g/mol. The number of carbonyl (C=O) groups excluding carboxylic acids is 1. The molecule has 1 N–H and O–H groups in total. The molecule has 0 atom stereocenters. The van der Waals surface area contributed by atoms with E-state index in [-0.39, 0.29) is 11.8 Å². The number of hydrogen-bond acceptors (Lipinski definition) is 4. The maximum atomic E-state index is 12.1. The van der Waals surface area contributed by atoms with Crippen LogP contribution in [0.1, 0.15) is 31.4 Å². The van der Waals surface area contributed by atoms with Gasteiger partial charge in [-0.2, -0.15) is 0 Å². The molecule has 1 aliphatic heterocycles. The number of furan rings is 1. The van der Waals surface area contributed by atoms with Gasteiger partial charge in [0.15, 0.2) is 5.79 Å². The van der Waals surface area contributed by atoms with Crippen LogP contribution in [0.15, 0.2) is 22.8 Å². The molecule has 104 valence electrons. The lowest BCUT2D eigenvalue weighted by molar-refractivity contribution is -0.183. The summed E-state index contributed by atoms with van der Waals surface area (Å²) in [5.41, 5.74) is 0. The summed E-state index contributed by atoms with van der Waals surface area (Å²) in [6.07, 6.45) is 4.88. The zero-order valence-electron chi connectivity index (χ0n) is 10.9. The molecule has 1 spiro atoms. The molecule has 3 rings (SSSR count). The molecule has 1 saturated carbocycles. The van der Waals surface area contributed by atoms with Crippen LogP contribution in [-0.4, -0.2) is 24.9 Å². The first-order valence-electron chi connectivity index (χ1n) is 6.85. The molecule has 0 unspecified atom stereocenters. The van der Waals surface area contributed by atoms with Crippen molar-refractivity contribution < 1.29 is 18.7 Å². The molecule has 0 radical (unpaired) electrons. The van der Waals surface area contributed by atoms with Crippen LogP contribution in [-0.2, 0) is 20.8 Å². The molecule has 1 aliphatic carbocycles. The molecule has 1 saturated heterocycles. The Morgan fingerprint density at radius 1 is 1.32 bits per heavy atom. The molecule has 5 heteroatoms. The molecule has 0 aromatic carbocycles. The number of amides is 1. The average molecular weight is 265 g/mol. The van der Waals surface area contributed by atoms with Crippen molar-refractivity contribution in [2.75, 3.05) is 13.2 Å². The highest BCUT2D eigenvalue weighted by molar-refractivity contribution is 5.78. The molecule has 1 aromatic heterocycles. The van der Waals surface area contributed by atoms with Crippen molar-refractivity contribution >= 4 is 5.91 Å². The van der Waals surface area contributed by atoms with Gasteiger partial charge in [0.05, 0.1) is 26.0 Å². The summed E-state index contributed by atoms with van der Waals surface area (Å²) in [6, 6.07) is 3.68. The van der Waals surface area contributed by atoms with Crippen LogP contribution in [0.4, 0.5) is 0 Å². The third-order valence-electron chi connectivity index (χ3n) is 3.95. The first-order valence-corrected chi connectivity index (χ1v) is 6.85.